The van der Waals surface area contributed by atoms with Crippen LogP contribution in [0.15, 0.2) is 53.1 Å². The highest BCUT2D eigenvalue weighted by Crippen LogP contribution is 2.13. The van der Waals surface area contributed by atoms with Gasteiger partial charge in [-0.1, -0.05) is 17.7 Å². The van der Waals surface area contributed by atoms with Crippen molar-refractivity contribution in [2.24, 2.45) is 0 Å². The van der Waals surface area contributed by atoms with Crippen molar-refractivity contribution in [2.75, 3.05) is 10.6 Å². The molecule has 1 amide bonds. The molecule has 3 rings (SSSR count). The van der Waals surface area contributed by atoms with Crippen LogP contribution in [0, 0.1) is 13.8 Å². The van der Waals surface area contributed by atoms with Crippen molar-refractivity contribution in [2.45, 2.75) is 20.4 Å². The number of carbonyl (C=O) groups is 1. The smallest absolute Gasteiger partial charge is 0.274 e. The second-order valence-electron chi connectivity index (χ2n) is 5.44. The van der Waals surface area contributed by atoms with E-state index in [2.05, 4.69) is 20.6 Å². The number of anilines is 2. The molecule has 6 nitrogen and oxygen atoms in total. The SMILES string of the molecule is Cc1ccc(NC(=O)c2cc(NCc3ccco3)nc(C)n2)cc1. The zero-order valence-corrected chi connectivity index (χ0v) is 13.5. The molecule has 122 valence electrons. The molecule has 6 heteroatoms. The molecule has 0 fully saturated rings. The fraction of sp³-hybridized carbons (Fsp3) is 0.167. The summed E-state index contributed by atoms with van der Waals surface area (Å²) in [5.74, 6) is 1.61. The highest BCUT2D eigenvalue weighted by atomic mass is 16.3. The van der Waals surface area contributed by atoms with E-state index in [-0.39, 0.29) is 5.91 Å². The number of carbonyl (C=O) groups excluding carboxylic acids is 1. The number of rotatable bonds is 5. The molecule has 0 atom stereocenters. The lowest BCUT2D eigenvalue weighted by Crippen LogP contribution is -2.15. The van der Waals surface area contributed by atoms with Gasteiger partial charge in [0, 0.05) is 11.8 Å². The number of nitrogens with one attached hydrogen (secondary N) is 2. The van der Waals surface area contributed by atoms with E-state index >= 15 is 0 Å². The Morgan fingerprint density at radius 3 is 2.62 bits per heavy atom. The van der Waals surface area contributed by atoms with Crippen molar-refractivity contribution in [3.05, 3.63) is 71.6 Å². The van der Waals surface area contributed by atoms with Crippen molar-refractivity contribution in [1.82, 2.24) is 9.97 Å². The monoisotopic (exact) mass is 322 g/mol. The van der Waals surface area contributed by atoms with Crippen LogP contribution in [-0.2, 0) is 6.54 Å². The molecule has 0 radical (unpaired) electrons. The first-order valence-corrected chi connectivity index (χ1v) is 7.60. The molecule has 0 spiro atoms. The molecule has 3 aromatic rings. The number of aromatic nitrogens is 2. The Labute approximate surface area is 140 Å². The van der Waals surface area contributed by atoms with Crippen molar-refractivity contribution in [3.8, 4) is 0 Å². The summed E-state index contributed by atoms with van der Waals surface area (Å²) in [6, 6.07) is 12.9. The number of hydrogen-bond donors (Lipinski definition) is 2. The van der Waals surface area contributed by atoms with E-state index in [0.717, 1.165) is 17.0 Å². The van der Waals surface area contributed by atoms with Gasteiger partial charge in [-0.15, -0.1) is 0 Å². The Morgan fingerprint density at radius 1 is 1.12 bits per heavy atom. The number of benzene rings is 1. The molecule has 0 aliphatic carbocycles. The zero-order chi connectivity index (χ0) is 16.9. The minimum atomic E-state index is -0.273. The van der Waals surface area contributed by atoms with Crippen molar-refractivity contribution in [1.29, 1.82) is 0 Å². The first kappa shape index (κ1) is 15.7. The minimum Gasteiger partial charge on any atom is -0.467 e. The van der Waals surface area contributed by atoms with Gasteiger partial charge in [-0.2, -0.15) is 0 Å². The van der Waals surface area contributed by atoms with Crippen LogP contribution in [0.2, 0.25) is 0 Å². The molecule has 0 aliphatic heterocycles. The van der Waals surface area contributed by atoms with E-state index in [0.29, 0.717) is 23.9 Å². The number of amides is 1. The summed E-state index contributed by atoms with van der Waals surface area (Å²) < 4.78 is 5.27. The average Bonchev–Trinajstić information content (AvgIpc) is 3.08. The van der Waals surface area contributed by atoms with Crippen molar-refractivity contribution >= 4 is 17.4 Å². The largest absolute Gasteiger partial charge is 0.467 e. The van der Waals surface area contributed by atoms with Crippen molar-refractivity contribution < 1.29 is 9.21 Å². The summed E-state index contributed by atoms with van der Waals surface area (Å²) in [4.78, 5) is 20.9. The normalized spacial score (nSPS) is 10.4. The lowest BCUT2D eigenvalue weighted by atomic mass is 10.2. The van der Waals surface area contributed by atoms with Crippen LogP contribution in [-0.4, -0.2) is 15.9 Å². The fourth-order valence-electron chi connectivity index (χ4n) is 2.20. The molecule has 24 heavy (non-hydrogen) atoms. The molecular formula is C18H18N4O2. The Hall–Kier alpha value is -3.15. The molecule has 1 aromatic carbocycles. The fourth-order valence-corrected chi connectivity index (χ4v) is 2.20. The summed E-state index contributed by atoms with van der Waals surface area (Å²) >= 11 is 0. The second kappa shape index (κ2) is 6.95. The Morgan fingerprint density at radius 2 is 1.92 bits per heavy atom. The third kappa shape index (κ3) is 3.98. The van der Waals surface area contributed by atoms with Gasteiger partial charge in [-0.25, -0.2) is 9.97 Å². The van der Waals surface area contributed by atoms with Crippen LogP contribution < -0.4 is 10.6 Å². The highest BCUT2D eigenvalue weighted by molar-refractivity contribution is 6.03. The molecule has 0 unspecified atom stereocenters. The predicted molar refractivity (Wildman–Crippen MR) is 91.9 cm³/mol. The molecule has 0 aliphatic rings. The van der Waals surface area contributed by atoms with Gasteiger partial charge in [0.25, 0.3) is 5.91 Å². The molecule has 0 saturated carbocycles. The van der Waals surface area contributed by atoms with Gasteiger partial charge in [0.2, 0.25) is 0 Å². The number of hydrogen-bond acceptors (Lipinski definition) is 5. The summed E-state index contributed by atoms with van der Waals surface area (Å²) in [6.45, 7) is 4.24. The molecule has 0 saturated heterocycles. The Balaban J connectivity index is 1.72. The average molecular weight is 322 g/mol. The van der Waals surface area contributed by atoms with E-state index in [1.807, 2.05) is 43.3 Å². The third-order valence-corrected chi connectivity index (χ3v) is 3.40. The lowest BCUT2D eigenvalue weighted by Gasteiger charge is -2.08. The van der Waals surface area contributed by atoms with Crippen LogP contribution in [0.4, 0.5) is 11.5 Å². The summed E-state index contributed by atoms with van der Waals surface area (Å²) in [5, 5.41) is 5.96. The quantitative estimate of drug-likeness (QED) is 0.751. The maximum Gasteiger partial charge on any atom is 0.274 e. The zero-order valence-electron chi connectivity index (χ0n) is 13.5. The highest BCUT2D eigenvalue weighted by Gasteiger charge is 2.11. The Kier molecular flexibility index (Phi) is 4.56. The lowest BCUT2D eigenvalue weighted by molar-refractivity contribution is 0.102. The van der Waals surface area contributed by atoms with E-state index in [1.165, 1.54) is 0 Å². The second-order valence-corrected chi connectivity index (χ2v) is 5.44. The molecule has 2 heterocycles. The number of nitrogens with zero attached hydrogens (tertiary/aromatic N) is 2. The van der Waals surface area contributed by atoms with Gasteiger partial charge in [0.05, 0.1) is 12.8 Å². The summed E-state index contributed by atoms with van der Waals surface area (Å²) in [6.07, 6.45) is 1.61. The van der Waals surface area contributed by atoms with Crippen LogP contribution in [0.1, 0.15) is 27.6 Å². The molecule has 2 aromatic heterocycles. The van der Waals surface area contributed by atoms with E-state index < -0.39 is 0 Å². The maximum absolute atomic E-state index is 12.4. The van der Waals surface area contributed by atoms with Crippen LogP contribution >= 0.6 is 0 Å². The first-order chi connectivity index (χ1) is 11.6. The van der Waals surface area contributed by atoms with Gasteiger partial charge in [-0.3, -0.25) is 4.79 Å². The third-order valence-electron chi connectivity index (χ3n) is 3.40. The Bertz CT molecular complexity index is 827. The van der Waals surface area contributed by atoms with Crippen LogP contribution in [0.5, 0.6) is 0 Å². The summed E-state index contributed by atoms with van der Waals surface area (Å²) in [7, 11) is 0. The topological polar surface area (TPSA) is 80.0 Å². The van der Waals surface area contributed by atoms with Gasteiger partial charge >= 0.3 is 0 Å². The van der Waals surface area contributed by atoms with Gasteiger partial charge in [-0.05, 0) is 38.1 Å². The standard InChI is InChI=1S/C18H18N4O2/c1-12-5-7-14(8-6-12)22-18(23)16-10-17(21-13(2)20-16)19-11-15-4-3-9-24-15/h3-10H,11H2,1-2H3,(H,22,23)(H,19,20,21). The van der Waals surface area contributed by atoms with Gasteiger partial charge < -0.3 is 15.1 Å². The number of furan rings is 1. The van der Waals surface area contributed by atoms with E-state index in [1.54, 1.807) is 19.3 Å². The maximum atomic E-state index is 12.4. The molecule has 2 N–H and O–H groups in total. The van der Waals surface area contributed by atoms with Gasteiger partial charge in [0.15, 0.2) is 0 Å². The molecular weight excluding hydrogens is 304 g/mol. The summed E-state index contributed by atoms with van der Waals surface area (Å²) in [5.41, 5.74) is 2.17. The number of aryl methyl sites for hydroxylation is 2. The van der Waals surface area contributed by atoms with E-state index in [4.69, 9.17) is 4.42 Å². The van der Waals surface area contributed by atoms with Crippen LogP contribution in [0.25, 0.3) is 0 Å². The van der Waals surface area contributed by atoms with Crippen molar-refractivity contribution in [3.63, 3.8) is 0 Å². The van der Waals surface area contributed by atoms with Gasteiger partial charge in [0.1, 0.15) is 23.1 Å². The molecule has 0 bridgehead atoms. The predicted octanol–water partition coefficient (Wildman–Crippen LogP) is 3.55. The van der Waals surface area contributed by atoms with E-state index in [9.17, 15) is 4.79 Å². The van der Waals surface area contributed by atoms with Crippen LogP contribution in [0.3, 0.4) is 0 Å². The minimum absolute atomic E-state index is 0.273. The first-order valence-electron chi connectivity index (χ1n) is 7.60.